The molecule has 2 aromatic carbocycles. The maximum Gasteiger partial charge on any atom is 0.407 e. The smallest absolute Gasteiger partial charge is 0.407 e. The van der Waals surface area contributed by atoms with E-state index in [1.54, 1.807) is 40.9 Å². The van der Waals surface area contributed by atoms with Crippen molar-refractivity contribution < 1.29 is 28.2 Å². The highest BCUT2D eigenvalue weighted by atomic mass is 35.5. The second kappa shape index (κ2) is 13.1. The Morgan fingerprint density at radius 3 is 2.33 bits per heavy atom. The van der Waals surface area contributed by atoms with Crippen LogP contribution in [-0.2, 0) is 25.4 Å². The van der Waals surface area contributed by atoms with Gasteiger partial charge in [0.1, 0.15) is 11.4 Å². The second-order valence-electron chi connectivity index (χ2n) is 10.1. The van der Waals surface area contributed by atoms with Gasteiger partial charge in [0, 0.05) is 30.3 Å². The summed E-state index contributed by atoms with van der Waals surface area (Å²) < 4.78 is 30.3. The Morgan fingerprint density at radius 1 is 1.08 bits per heavy atom. The minimum Gasteiger partial charge on any atom is -0.466 e. The van der Waals surface area contributed by atoms with E-state index < -0.39 is 23.2 Å². The lowest BCUT2D eigenvalue weighted by atomic mass is 9.79. The van der Waals surface area contributed by atoms with E-state index in [-0.39, 0.29) is 18.4 Å². The Kier molecular flexibility index (Phi) is 10.7. The van der Waals surface area contributed by atoms with Crippen LogP contribution in [-0.4, -0.2) is 44.0 Å². The molecule has 0 spiro atoms. The molecule has 1 unspecified atom stereocenters. The number of alkyl carbamates (subject to hydrolysis) is 1. The molecular weight excluding hydrogens is 485 g/mol. The molecular formula is C28H37ClFNO5. The van der Waals surface area contributed by atoms with Gasteiger partial charge in [-0.3, -0.25) is 4.79 Å². The van der Waals surface area contributed by atoms with E-state index in [0.717, 1.165) is 5.56 Å². The SMILES string of the molecule is CCOC(=O)C(C)(CCOC)C[C@@H](Cc1ccc(-c2cc(Cl)ccc2F)cc1)NC(=O)OC(C)(C)C. The Bertz CT molecular complexity index is 1020. The van der Waals surface area contributed by atoms with Crippen LogP contribution in [0.2, 0.25) is 5.02 Å². The first-order valence-corrected chi connectivity index (χ1v) is 12.4. The number of hydrogen-bond acceptors (Lipinski definition) is 5. The summed E-state index contributed by atoms with van der Waals surface area (Å²) in [6.07, 6.45) is 0.614. The molecule has 1 N–H and O–H groups in total. The molecule has 0 fully saturated rings. The second-order valence-corrected chi connectivity index (χ2v) is 10.5. The molecule has 198 valence electrons. The van der Waals surface area contributed by atoms with E-state index in [9.17, 15) is 14.0 Å². The van der Waals surface area contributed by atoms with E-state index in [4.69, 9.17) is 25.8 Å². The van der Waals surface area contributed by atoms with Crippen LogP contribution in [0.1, 0.15) is 53.0 Å². The number of nitrogens with one attached hydrogen (secondary N) is 1. The van der Waals surface area contributed by atoms with Crippen LogP contribution >= 0.6 is 11.6 Å². The Morgan fingerprint density at radius 2 is 1.75 bits per heavy atom. The first-order chi connectivity index (χ1) is 16.9. The van der Waals surface area contributed by atoms with Crippen molar-refractivity contribution in [2.75, 3.05) is 20.3 Å². The number of hydrogen-bond donors (Lipinski definition) is 1. The molecule has 0 bridgehead atoms. The van der Waals surface area contributed by atoms with Gasteiger partial charge in [-0.15, -0.1) is 0 Å². The number of rotatable bonds is 11. The van der Waals surface area contributed by atoms with E-state index >= 15 is 0 Å². The summed E-state index contributed by atoms with van der Waals surface area (Å²) in [5, 5.41) is 3.38. The van der Waals surface area contributed by atoms with Crippen LogP contribution < -0.4 is 5.32 Å². The number of carbonyl (C=O) groups excluding carboxylic acids is 2. The Labute approximate surface area is 218 Å². The van der Waals surface area contributed by atoms with Crippen LogP contribution in [0.25, 0.3) is 11.1 Å². The minimum atomic E-state index is -0.879. The van der Waals surface area contributed by atoms with E-state index in [2.05, 4.69) is 5.32 Å². The normalized spacial score (nSPS) is 14.0. The Hall–Kier alpha value is -2.64. The first-order valence-electron chi connectivity index (χ1n) is 12.1. The number of ether oxygens (including phenoxy) is 3. The molecule has 0 aliphatic rings. The van der Waals surface area contributed by atoms with E-state index in [0.29, 0.717) is 42.0 Å². The molecule has 0 aliphatic heterocycles. The highest BCUT2D eigenvalue weighted by Crippen LogP contribution is 2.32. The zero-order valence-corrected chi connectivity index (χ0v) is 22.7. The molecule has 0 heterocycles. The summed E-state index contributed by atoms with van der Waals surface area (Å²) in [6, 6.07) is 11.4. The highest BCUT2D eigenvalue weighted by Gasteiger charge is 2.38. The van der Waals surface area contributed by atoms with Gasteiger partial charge in [0.2, 0.25) is 0 Å². The third kappa shape index (κ3) is 9.10. The van der Waals surface area contributed by atoms with Gasteiger partial charge in [0.05, 0.1) is 12.0 Å². The van der Waals surface area contributed by atoms with Crippen LogP contribution in [0.5, 0.6) is 0 Å². The zero-order chi connectivity index (χ0) is 26.9. The summed E-state index contributed by atoms with van der Waals surface area (Å²) in [5.74, 6) is -0.704. The summed E-state index contributed by atoms with van der Waals surface area (Å²) in [6.45, 7) is 9.57. The van der Waals surface area contributed by atoms with Crippen LogP contribution in [0.4, 0.5) is 9.18 Å². The predicted octanol–water partition coefficient (Wildman–Crippen LogP) is 6.58. The van der Waals surface area contributed by atoms with E-state index in [1.807, 2.05) is 31.2 Å². The molecule has 0 radical (unpaired) electrons. The van der Waals surface area contributed by atoms with E-state index in [1.165, 1.54) is 12.1 Å². The monoisotopic (exact) mass is 521 g/mol. The summed E-state index contributed by atoms with van der Waals surface area (Å²) >= 11 is 6.04. The maximum atomic E-state index is 14.3. The van der Waals surface area contributed by atoms with Crippen LogP contribution in [0.3, 0.4) is 0 Å². The fourth-order valence-corrected chi connectivity index (χ4v) is 4.11. The van der Waals surface area contributed by atoms with Gasteiger partial charge in [-0.05, 0) is 83.2 Å². The molecule has 2 rings (SSSR count). The lowest BCUT2D eigenvalue weighted by molar-refractivity contribution is -0.156. The average molecular weight is 522 g/mol. The van der Waals surface area contributed by atoms with Gasteiger partial charge in [0.25, 0.3) is 0 Å². The van der Waals surface area contributed by atoms with Crippen molar-refractivity contribution in [1.29, 1.82) is 0 Å². The standard InChI is InChI=1S/C28H37ClFNO5/c1-7-35-25(32)28(5,14-15-34-6)18-22(31-26(33)36-27(2,3)4)16-19-8-10-20(11-9-19)23-17-21(29)12-13-24(23)30/h8-13,17,22H,7,14-16,18H2,1-6H3,(H,31,33)/t22-,28?/m1/s1. The lowest BCUT2D eigenvalue weighted by Gasteiger charge is -2.32. The molecule has 0 aromatic heterocycles. The fourth-order valence-electron chi connectivity index (χ4n) is 3.94. The van der Waals surface area contributed by atoms with Gasteiger partial charge in [-0.1, -0.05) is 35.9 Å². The molecule has 2 atom stereocenters. The van der Waals surface area contributed by atoms with Gasteiger partial charge < -0.3 is 19.5 Å². The van der Waals surface area contributed by atoms with Crippen molar-refractivity contribution in [1.82, 2.24) is 5.32 Å². The number of benzene rings is 2. The van der Waals surface area contributed by atoms with Crippen molar-refractivity contribution >= 4 is 23.7 Å². The third-order valence-electron chi connectivity index (χ3n) is 5.72. The van der Waals surface area contributed by atoms with Crippen molar-refractivity contribution in [3.63, 3.8) is 0 Å². The first kappa shape index (κ1) is 29.6. The van der Waals surface area contributed by atoms with Gasteiger partial charge >= 0.3 is 12.1 Å². The third-order valence-corrected chi connectivity index (χ3v) is 5.95. The zero-order valence-electron chi connectivity index (χ0n) is 22.0. The van der Waals surface area contributed by atoms with Crippen molar-refractivity contribution in [2.45, 2.75) is 65.5 Å². The molecule has 0 saturated heterocycles. The molecule has 2 aromatic rings. The fraction of sp³-hybridized carbons (Fsp3) is 0.500. The molecule has 8 heteroatoms. The number of methoxy groups -OCH3 is 1. The molecule has 36 heavy (non-hydrogen) atoms. The summed E-state index contributed by atoms with van der Waals surface area (Å²) in [5.41, 5.74) is 0.451. The quantitative estimate of drug-likeness (QED) is 0.338. The topological polar surface area (TPSA) is 73.9 Å². The number of esters is 1. The Balaban J connectivity index is 2.30. The van der Waals surface area contributed by atoms with Gasteiger partial charge in [-0.2, -0.15) is 0 Å². The molecule has 0 aliphatic carbocycles. The molecule has 6 nitrogen and oxygen atoms in total. The van der Waals surface area contributed by atoms with Crippen LogP contribution in [0.15, 0.2) is 42.5 Å². The van der Waals surface area contributed by atoms with Crippen molar-refractivity contribution in [2.24, 2.45) is 5.41 Å². The average Bonchev–Trinajstić information content (AvgIpc) is 2.78. The van der Waals surface area contributed by atoms with Crippen LogP contribution in [0, 0.1) is 11.2 Å². The van der Waals surface area contributed by atoms with Crippen molar-refractivity contribution in [3.8, 4) is 11.1 Å². The van der Waals surface area contributed by atoms with Gasteiger partial charge in [-0.25, -0.2) is 9.18 Å². The molecule has 0 saturated carbocycles. The van der Waals surface area contributed by atoms with Crippen molar-refractivity contribution in [3.05, 3.63) is 58.9 Å². The highest BCUT2D eigenvalue weighted by molar-refractivity contribution is 6.30. The maximum absolute atomic E-state index is 14.3. The molecule has 1 amide bonds. The largest absolute Gasteiger partial charge is 0.466 e. The lowest BCUT2D eigenvalue weighted by Crippen LogP contribution is -2.45. The number of halogens is 2. The predicted molar refractivity (Wildman–Crippen MR) is 140 cm³/mol. The minimum absolute atomic E-state index is 0.257. The van der Waals surface area contributed by atoms with Gasteiger partial charge in [0.15, 0.2) is 0 Å². The number of carbonyl (C=O) groups is 2. The summed E-state index contributed by atoms with van der Waals surface area (Å²) in [7, 11) is 1.58. The number of amides is 1. The summed E-state index contributed by atoms with van der Waals surface area (Å²) in [4.78, 5) is 25.5.